The van der Waals surface area contributed by atoms with Crippen molar-refractivity contribution in [1.82, 2.24) is 4.98 Å². The third-order valence-electron chi connectivity index (χ3n) is 5.78. The van der Waals surface area contributed by atoms with E-state index < -0.39 is 13.3 Å². The summed E-state index contributed by atoms with van der Waals surface area (Å²) < 4.78 is 1.57. The number of aromatic nitrogens is 1. The van der Waals surface area contributed by atoms with Crippen molar-refractivity contribution < 1.29 is 0 Å². The van der Waals surface area contributed by atoms with Crippen LogP contribution in [0.15, 0.2) is 64.5 Å². The second kappa shape index (κ2) is 6.36. The Bertz CT molecular complexity index is 1250. The number of hydrogen-bond acceptors (Lipinski definition) is 2. The Hall–Kier alpha value is -1.78. The predicted octanol–water partition coefficient (Wildman–Crippen LogP) is 7.19. The van der Waals surface area contributed by atoms with Crippen LogP contribution in [0.3, 0.4) is 0 Å². The SMILES string of the molecule is CC(C)c1c2c(cc3ccccc13)-c1nccc3c[c]([Ge]([CH3])([CH3])[CH3])cc(c13)S2. The van der Waals surface area contributed by atoms with Crippen molar-refractivity contribution >= 4 is 51.0 Å². The molecular formula is C25H25GeNS. The maximum absolute atomic E-state index is 4.88. The fourth-order valence-electron chi connectivity index (χ4n) is 4.32. The standard InChI is InChI=1S/C25H25GeNS/c1-15(2)22-19-9-7-6-8-16(19)13-20-24-23-17(10-11-27-24)12-18(26(3,4)5)14-21(23)28-25(20)22/h6-15H,1-5H3. The van der Waals surface area contributed by atoms with Crippen LogP contribution < -0.4 is 4.40 Å². The van der Waals surface area contributed by atoms with E-state index in [9.17, 15) is 0 Å². The van der Waals surface area contributed by atoms with Gasteiger partial charge in [-0.2, -0.15) is 0 Å². The quantitative estimate of drug-likeness (QED) is 0.268. The van der Waals surface area contributed by atoms with E-state index in [-0.39, 0.29) is 0 Å². The molecule has 0 aliphatic carbocycles. The van der Waals surface area contributed by atoms with Gasteiger partial charge < -0.3 is 0 Å². The van der Waals surface area contributed by atoms with E-state index in [4.69, 9.17) is 4.98 Å². The van der Waals surface area contributed by atoms with Crippen molar-refractivity contribution in [3.63, 3.8) is 0 Å². The first-order valence-corrected chi connectivity index (χ1v) is 18.2. The zero-order valence-corrected chi connectivity index (χ0v) is 20.0. The molecule has 0 saturated carbocycles. The van der Waals surface area contributed by atoms with Gasteiger partial charge in [0.05, 0.1) is 0 Å². The summed E-state index contributed by atoms with van der Waals surface area (Å²) in [7, 11) is 0. The molecule has 3 heteroatoms. The minimum absolute atomic E-state index is 0.469. The molecule has 3 aromatic carbocycles. The van der Waals surface area contributed by atoms with Gasteiger partial charge in [0, 0.05) is 0 Å². The fraction of sp³-hybridized carbons (Fsp3) is 0.240. The molecule has 0 amide bonds. The summed E-state index contributed by atoms with van der Waals surface area (Å²) >= 11 is 0.0370. The van der Waals surface area contributed by atoms with E-state index in [1.54, 1.807) is 4.40 Å². The Morgan fingerprint density at radius 1 is 0.929 bits per heavy atom. The van der Waals surface area contributed by atoms with E-state index in [1.807, 2.05) is 18.0 Å². The van der Waals surface area contributed by atoms with Gasteiger partial charge in [0.2, 0.25) is 0 Å². The molecule has 140 valence electrons. The molecule has 0 N–H and O–H groups in total. The Morgan fingerprint density at radius 2 is 1.71 bits per heavy atom. The number of rotatable bonds is 2. The third-order valence-corrected chi connectivity index (χ3v) is 11.2. The summed E-state index contributed by atoms with van der Waals surface area (Å²) in [6.07, 6.45) is 1.99. The average Bonchev–Trinajstić information content (AvgIpc) is 2.65. The topological polar surface area (TPSA) is 12.9 Å². The van der Waals surface area contributed by atoms with Gasteiger partial charge in [-0.3, -0.25) is 0 Å². The molecule has 4 aromatic rings. The molecule has 2 heterocycles. The Balaban J connectivity index is 1.91. The van der Waals surface area contributed by atoms with Crippen molar-refractivity contribution in [1.29, 1.82) is 0 Å². The zero-order valence-electron chi connectivity index (χ0n) is 17.1. The van der Waals surface area contributed by atoms with Crippen molar-refractivity contribution in [2.45, 2.75) is 46.8 Å². The van der Waals surface area contributed by atoms with E-state index in [2.05, 4.69) is 79.6 Å². The number of hydrogen-bond donors (Lipinski definition) is 0. The zero-order chi connectivity index (χ0) is 19.6. The molecule has 1 aliphatic heterocycles. The molecule has 1 aliphatic rings. The molecule has 0 saturated heterocycles. The van der Waals surface area contributed by atoms with Crippen LogP contribution in [0.5, 0.6) is 0 Å². The summed E-state index contributed by atoms with van der Waals surface area (Å²) in [6.45, 7) is 4.63. The van der Waals surface area contributed by atoms with Gasteiger partial charge in [-0.1, -0.05) is 0 Å². The van der Waals surface area contributed by atoms with Crippen LogP contribution in [0.25, 0.3) is 32.8 Å². The van der Waals surface area contributed by atoms with E-state index in [0.717, 1.165) is 5.69 Å². The van der Waals surface area contributed by atoms with Gasteiger partial charge >= 0.3 is 174 Å². The molecule has 1 aromatic heterocycles. The summed E-state index contributed by atoms with van der Waals surface area (Å²) in [5.41, 5.74) is 3.92. The second-order valence-corrected chi connectivity index (χ2v) is 20.8. The molecule has 0 atom stereocenters. The Morgan fingerprint density at radius 3 is 2.46 bits per heavy atom. The van der Waals surface area contributed by atoms with Gasteiger partial charge in [-0.05, 0) is 0 Å². The van der Waals surface area contributed by atoms with Gasteiger partial charge in [-0.25, -0.2) is 0 Å². The first kappa shape index (κ1) is 18.3. The monoisotopic (exact) mass is 445 g/mol. The second-order valence-electron chi connectivity index (χ2n) is 9.13. The van der Waals surface area contributed by atoms with Crippen molar-refractivity contribution in [2.24, 2.45) is 0 Å². The van der Waals surface area contributed by atoms with E-state index in [1.165, 1.54) is 42.5 Å². The molecule has 28 heavy (non-hydrogen) atoms. The van der Waals surface area contributed by atoms with Crippen LogP contribution in [0.1, 0.15) is 25.3 Å². The molecule has 0 bridgehead atoms. The normalized spacial score (nSPS) is 13.4. The van der Waals surface area contributed by atoms with Crippen molar-refractivity contribution in [3.8, 4) is 11.3 Å². The molecule has 0 spiro atoms. The molecular weight excluding hydrogens is 419 g/mol. The summed E-state index contributed by atoms with van der Waals surface area (Å²) in [6, 6.07) is 18.2. The van der Waals surface area contributed by atoms with Crippen LogP contribution in [-0.4, -0.2) is 18.3 Å². The van der Waals surface area contributed by atoms with E-state index >= 15 is 0 Å². The van der Waals surface area contributed by atoms with Crippen LogP contribution >= 0.6 is 11.8 Å². The van der Waals surface area contributed by atoms with Crippen molar-refractivity contribution in [2.75, 3.05) is 0 Å². The van der Waals surface area contributed by atoms with Crippen LogP contribution in [0, 0.1) is 0 Å². The fourth-order valence-corrected chi connectivity index (χ4v) is 8.43. The summed E-state index contributed by atoms with van der Waals surface area (Å²) in [5, 5.41) is 5.37. The molecule has 0 unspecified atom stereocenters. The number of benzene rings is 3. The summed E-state index contributed by atoms with van der Waals surface area (Å²) in [4.78, 5) is 7.67. The van der Waals surface area contributed by atoms with Gasteiger partial charge in [-0.15, -0.1) is 0 Å². The van der Waals surface area contributed by atoms with Gasteiger partial charge in [0.15, 0.2) is 0 Å². The molecule has 1 nitrogen and oxygen atoms in total. The predicted molar refractivity (Wildman–Crippen MR) is 126 cm³/mol. The Labute approximate surface area is 173 Å². The van der Waals surface area contributed by atoms with Crippen molar-refractivity contribution in [3.05, 3.63) is 60.3 Å². The minimum atomic E-state index is -1.93. The third kappa shape index (κ3) is 2.73. The molecule has 5 rings (SSSR count). The first-order valence-electron chi connectivity index (χ1n) is 10.0. The molecule has 0 radical (unpaired) electrons. The maximum atomic E-state index is 4.88. The first-order chi connectivity index (χ1) is 13.3. The molecule has 0 fully saturated rings. The Kier molecular flexibility index (Phi) is 4.15. The van der Waals surface area contributed by atoms with Gasteiger partial charge in [0.25, 0.3) is 0 Å². The van der Waals surface area contributed by atoms with Crippen LogP contribution in [0.2, 0.25) is 17.3 Å². The average molecular weight is 444 g/mol. The van der Waals surface area contributed by atoms with Crippen LogP contribution in [-0.2, 0) is 0 Å². The van der Waals surface area contributed by atoms with E-state index in [0.29, 0.717) is 5.92 Å². The number of pyridine rings is 1. The van der Waals surface area contributed by atoms with Gasteiger partial charge in [0.1, 0.15) is 0 Å². The van der Waals surface area contributed by atoms with Crippen LogP contribution in [0.4, 0.5) is 0 Å². The number of nitrogens with zero attached hydrogens (tertiary/aromatic N) is 1. The summed E-state index contributed by atoms with van der Waals surface area (Å²) in [5.74, 6) is 7.90. The number of fused-ring (bicyclic) bond motifs is 3.